The van der Waals surface area contributed by atoms with Gasteiger partial charge in [-0.3, -0.25) is 0 Å². The second kappa shape index (κ2) is 9.69. The fraction of sp³-hybridized carbons (Fsp3) is 0.500. The molecular formula is C16H23I. The first-order chi connectivity index (χ1) is 8.34. The number of benzene rings is 1. The minimum absolute atomic E-state index is 1.18. The van der Waals surface area contributed by atoms with Gasteiger partial charge in [-0.15, -0.1) is 6.58 Å². The minimum Gasteiger partial charge on any atom is -0.103 e. The van der Waals surface area contributed by atoms with Gasteiger partial charge in [0.05, 0.1) is 0 Å². The molecule has 0 N–H and O–H groups in total. The molecule has 0 amide bonds. The zero-order valence-corrected chi connectivity index (χ0v) is 12.8. The van der Waals surface area contributed by atoms with Gasteiger partial charge in [-0.05, 0) is 59.9 Å². The zero-order valence-electron chi connectivity index (χ0n) is 10.6. The molecule has 0 saturated carbocycles. The van der Waals surface area contributed by atoms with Gasteiger partial charge in [-0.25, -0.2) is 0 Å². The molecule has 0 radical (unpaired) electrons. The van der Waals surface area contributed by atoms with Gasteiger partial charge >= 0.3 is 0 Å². The maximum atomic E-state index is 3.75. The highest BCUT2D eigenvalue weighted by Gasteiger charge is 1.97. The molecular weight excluding hydrogens is 319 g/mol. The van der Waals surface area contributed by atoms with Crippen molar-refractivity contribution in [2.24, 2.45) is 0 Å². The van der Waals surface area contributed by atoms with Gasteiger partial charge in [-0.1, -0.05) is 50.0 Å². The summed E-state index contributed by atoms with van der Waals surface area (Å²) in [4.78, 5) is 0. The molecule has 0 bridgehead atoms. The normalized spacial score (nSPS) is 10.4. The van der Waals surface area contributed by atoms with Crippen LogP contribution in [0, 0.1) is 3.57 Å². The third-order valence-corrected chi connectivity index (χ3v) is 4.11. The molecule has 0 aliphatic heterocycles. The van der Waals surface area contributed by atoms with Crippen molar-refractivity contribution < 1.29 is 0 Å². The lowest BCUT2D eigenvalue weighted by atomic mass is 10.0. The first-order valence-corrected chi connectivity index (χ1v) is 7.77. The number of halogens is 1. The summed E-state index contributed by atoms with van der Waals surface area (Å²) in [6.07, 6.45) is 12.6. The van der Waals surface area contributed by atoms with Gasteiger partial charge in [0, 0.05) is 3.57 Å². The van der Waals surface area contributed by atoms with Crippen LogP contribution in [0.2, 0.25) is 0 Å². The predicted octanol–water partition coefficient (Wildman–Crippen LogP) is 5.75. The number of aryl methyl sites for hydroxylation is 1. The molecule has 0 fully saturated rings. The number of rotatable bonds is 9. The van der Waals surface area contributed by atoms with Crippen LogP contribution in [0.3, 0.4) is 0 Å². The summed E-state index contributed by atoms with van der Waals surface area (Å²) in [6, 6.07) is 8.72. The molecule has 0 aliphatic carbocycles. The van der Waals surface area contributed by atoms with Crippen LogP contribution in [0.25, 0.3) is 0 Å². The summed E-state index contributed by atoms with van der Waals surface area (Å²) in [5, 5.41) is 0. The van der Waals surface area contributed by atoms with E-state index in [0.717, 1.165) is 0 Å². The molecule has 1 rings (SSSR count). The third kappa shape index (κ3) is 6.87. The molecule has 0 spiro atoms. The zero-order chi connectivity index (χ0) is 12.3. The molecule has 0 heterocycles. The fourth-order valence-electron chi connectivity index (χ4n) is 2.01. The van der Waals surface area contributed by atoms with Crippen LogP contribution in [0.4, 0.5) is 0 Å². The van der Waals surface area contributed by atoms with Crippen LogP contribution < -0.4 is 0 Å². The molecule has 1 aromatic rings. The Hall–Kier alpha value is -0.310. The number of allylic oxidation sites excluding steroid dienone is 1. The molecule has 0 aliphatic rings. The van der Waals surface area contributed by atoms with E-state index in [2.05, 4.69) is 53.4 Å². The summed E-state index contributed by atoms with van der Waals surface area (Å²) in [5.41, 5.74) is 1.51. The average molecular weight is 342 g/mol. The Morgan fingerprint density at radius 2 is 1.59 bits per heavy atom. The van der Waals surface area contributed by atoms with Crippen molar-refractivity contribution >= 4 is 22.6 Å². The third-order valence-electron chi connectivity index (χ3n) is 3.06. The number of hydrogen-bond acceptors (Lipinski definition) is 0. The van der Waals surface area contributed by atoms with E-state index in [0.29, 0.717) is 0 Å². The van der Waals surface area contributed by atoms with Crippen LogP contribution in [0.15, 0.2) is 36.9 Å². The summed E-state index contributed by atoms with van der Waals surface area (Å²) in [5.74, 6) is 0. The SMILES string of the molecule is C=CCCCCCCCCc1ccccc1I. The van der Waals surface area contributed by atoms with Gasteiger partial charge < -0.3 is 0 Å². The lowest BCUT2D eigenvalue weighted by Crippen LogP contribution is -1.89. The van der Waals surface area contributed by atoms with Crippen molar-refractivity contribution in [1.82, 2.24) is 0 Å². The Kier molecular flexibility index (Phi) is 8.41. The lowest BCUT2D eigenvalue weighted by molar-refractivity contribution is 0.596. The second-order valence-corrected chi connectivity index (χ2v) is 5.70. The highest BCUT2D eigenvalue weighted by atomic mass is 127. The Bertz CT molecular complexity index is 317. The van der Waals surface area contributed by atoms with E-state index in [4.69, 9.17) is 0 Å². The second-order valence-electron chi connectivity index (χ2n) is 4.54. The first kappa shape index (κ1) is 14.7. The van der Waals surface area contributed by atoms with Gasteiger partial charge in [0.25, 0.3) is 0 Å². The van der Waals surface area contributed by atoms with E-state index >= 15 is 0 Å². The Morgan fingerprint density at radius 1 is 0.941 bits per heavy atom. The maximum Gasteiger partial charge on any atom is 0.0162 e. The topological polar surface area (TPSA) is 0 Å². The molecule has 94 valence electrons. The van der Waals surface area contributed by atoms with Gasteiger partial charge in [0.2, 0.25) is 0 Å². The number of unbranched alkanes of at least 4 members (excludes halogenated alkanes) is 6. The van der Waals surface area contributed by atoms with E-state index in [1.807, 2.05) is 6.08 Å². The van der Waals surface area contributed by atoms with E-state index in [1.54, 1.807) is 0 Å². The van der Waals surface area contributed by atoms with Gasteiger partial charge in [-0.2, -0.15) is 0 Å². The summed E-state index contributed by atoms with van der Waals surface area (Å²) < 4.78 is 1.41. The summed E-state index contributed by atoms with van der Waals surface area (Å²) >= 11 is 2.43. The molecule has 0 saturated heterocycles. The monoisotopic (exact) mass is 342 g/mol. The van der Waals surface area contributed by atoms with Crippen molar-refractivity contribution in [3.8, 4) is 0 Å². The van der Waals surface area contributed by atoms with Gasteiger partial charge in [0.1, 0.15) is 0 Å². The van der Waals surface area contributed by atoms with E-state index in [9.17, 15) is 0 Å². The molecule has 0 unspecified atom stereocenters. The lowest BCUT2D eigenvalue weighted by Gasteiger charge is -2.04. The smallest absolute Gasteiger partial charge is 0.0162 e. The Morgan fingerprint density at radius 3 is 2.29 bits per heavy atom. The van der Waals surface area contributed by atoms with Crippen LogP contribution >= 0.6 is 22.6 Å². The van der Waals surface area contributed by atoms with Crippen molar-refractivity contribution in [2.75, 3.05) is 0 Å². The minimum atomic E-state index is 1.18. The Balaban J connectivity index is 2.01. The summed E-state index contributed by atoms with van der Waals surface area (Å²) in [6.45, 7) is 3.75. The highest BCUT2D eigenvalue weighted by molar-refractivity contribution is 14.1. The average Bonchev–Trinajstić information content (AvgIpc) is 2.35. The molecule has 1 aromatic carbocycles. The van der Waals surface area contributed by atoms with Crippen molar-refractivity contribution in [1.29, 1.82) is 0 Å². The first-order valence-electron chi connectivity index (χ1n) is 6.69. The van der Waals surface area contributed by atoms with Crippen molar-refractivity contribution in [2.45, 2.75) is 51.4 Å². The standard InChI is InChI=1S/C16H23I/c1-2-3-4-5-6-7-8-9-12-15-13-10-11-14-16(15)17/h2,10-11,13-14H,1,3-9,12H2. The van der Waals surface area contributed by atoms with Crippen LogP contribution in [0.5, 0.6) is 0 Å². The van der Waals surface area contributed by atoms with Crippen molar-refractivity contribution in [3.05, 3.63) is 46.1 Å². The van der Waals surface area contributed by atoms with E-state index < -0.39 is 0 Å². The molecule has 0 atom stereocenters. The maximum absolute atomic E-state index is 3.75. The van der Waals surface area contributed by atoms with Crippen molar-refractivity contribution in [3.63, 3.8) is 0 Å². The predicted molar refractivity (Wildman–Crippen MR) is 85.4 cm³/mol. The quantitative estimate of drug-likeness (QED) is 0.304. The number of hydrogen-bond donors (Lipinski definition) is 0. The van der Waals surface area contributed by atoms with Crippen LogP contribution in [0.1, 0.15) is 50.5 Å². The van der Waals surface area contributed by atoms with Crippen LogP contribution in [-0.4, -0.2) is 0 Å². The molecule has 17 heavy (non-hydrogen) atoms. The Labute approximate surface area is 120 Å². The van der Waals surface area contributed by atoms with Crippen LogP contribution in [-0.2, 0) is 6.42 Å². The van der Waals surface area contributed by atoms with E-state index in [1.165, 1.54) is 60.5 Å². The summed E-state index contributed by atoms with van der Waals surface area (Å²) in [7, 11) is 0. The van der Waals surface area contributed by atoms with E-state index in [-0.39, 0.29) is 0 Å². The van der Waals surface area contributed by atoms with Gasteiger partial charge in [0.15, 0.2) is 0 Å². The molecule has 0 aromatic heterocycles. The highest BCUT2D eigenvalue weighted by Crippen LogP contribution is 2.15. The largest absolute Gasteiger partial charge is 0.103 e. The molecule has 0 nitrogen and oxygen atoms in total. The molecule has 1 heteroatoms. The fourth-order valence-corrected chi connectivity index (χ4v) is 2.67.